The van der Waals surface area contributed by atoms with E-state index in [0.717, 1.165) is 37.5 Å². The van der Waals surface area contributed by atoms with E-state index in [0.29, 0.717) is 17.8 Å². The number of esters is 2. The van der Waals surface area contributed by atoms with Crippen molar-refractivity contribution in [3.63, 3.8) is 0 Å². The maximum Gasteiger partial charge on any atom is 0.311 e. The molecule has 0 aliphatic heterocycles. The van der Waals surface area contributed by atoms with E-state index in [1.54, 1.807) is 0 Å². The Hall–Kier alpha value is -1.06. The van der Waals surface area contributed by atoms with Crippen LogP contribution in [0.4, 0.5) is 0 Å². The highest BCUT2D eigenvalue weighted by Crippen LogP contribution is 2.60. The van der Waals surface area contributed by atoms with Crippen LogP contribution < -0.4 is 0 Å². The van der Waals surface area contributed by atoms with Crippen molar-refractivity contribution in [2.75, 3.05) is 0 Å². The summed E-state index contributed by atoms with van der Waals surface area (Å²) < 4.78 is 12.4. The predicted octanol–water partition coefficient (Wildman–Crippen LogP) is 5.14. The SMILES string of the molecule is CCC(C)(C)C(=O)OC1CC2CC(C(=O)OC3(C)C4CC5CC(C4)CC3C5)C1C2. The molecule has 0 heterocycles. The fourth-order valence-corrected chi connectivity index (χ4v) is 7.71. The Morgan fingerprint density at radius 1 is 0.897 bits per heavy atom. The van der Waals surface area contributed by atoms with Gasteiger partial charge in [0.1, 0.15) is 11.7 Å². The van der Waals surface area contributed by atoms with Gasteiger partial charge in [-0.2, -0.15) is 0 Å². The molecular formula is C25H38O4. The summed E-state index contributed by atoms with van der Waals surface area (Å²) in [4.78, 5) is 26.0. The number of hydrogen-bond acceptors (Lipinski definition) is 4. The topological polar surface area (TPSA) is 52.6 Å². The number of carbonyl (C=O) groups excluding carboxylic acids is 2. The van der Waals surface area contributed by atoms with Gasteiger partial charge in [-0.1, -0.05) is 6.92 Å². The Morgan fingerprint density at radius 2 is 1.48 bits per heavy atom. The lowest BCUT2D eigenvalue weighted by Crippen LogP contribution is -2.58. The quantitative estimate of drug-likeness (QED) is 0.598. The van der Waals surface area contributed by atoms with Gasteiger partial charge < -0.3 is 9.47 Å². The molecule has 6 aliphatic rings. The van der Waals surface area contributed by atoms with Crippen LogP contribution in [0, 0.1) is 46.8 Å². The normalized spacial score (nSPS) is 47.4. The number of hydrogen-bond donors (Lipinski definition) is 0. The molecule has 4 unspecified atom stereocenters. The lowest BCUT2D eigenvalue weighted by Gasteiger charge is -2.59. The first-order chi connectivity index (χ1) is 13.7. The van der Waals surface area contributed by atoms with Gasteiger partial charge in [0.25, 0.3) is 0 Å². The monoisotopic (exact) mass is 402 g/mol. The van der Waals surface area contributed by atoms with Gasteiger partial charge >= 0.3 is 11.9 Å². The average molecular weight is 403 g/mol. The van der Waals surface area contributed by atoms with Gasteiger partial charge in [-0.15, -0.1) is 0 Å². The van der Waals surface area contributed by atoms with Crippen LogP contribution >= 0.6 is 0 Å². The minimum absolute atomic E-state index is 0.00275. The summed E-state index contributed by atoms with van der Waals surface area (Å²) >= 11 is 0. The van der Waals surface area contributed by atoms with Gasteiger partial charge in [0.15, 0.2) is 0 Å². The average Bonchev–Trinajstić information content (AvgIpc) is 3.26. The van der Waals surface area contributed by atoms with Crippen LogP contribution in [0.15, 0.2) is 0 Å². The highest BCUT2D eigenvalue weighted by molar-refractivity contribution is 5.77. The third kappa shape index (κ3) is 3.15. The third-order valence-corrected chi connectivity index (χ3v) is 9.83. The van der Waals surface area contributed by atoms with Crippen molar-refractivity contribution in [2.24, 2.45) is 46.8 Å². The van der Waals surface area contributed by atoms with Crippen molar-refractivity contribution in [2.45, 2.75) is 97.2 Å². The maximum absolute atomic E-state index is 13.4. The summed E-state index contributed by atoms with van der Waals surface area (Å²) in [6, 6.07) is 0. The molecule has 6 rings (SSSR count). The summed E-state index contributed by atoms with van der Waals surface area (Å²) in [5.41, 5.74) is -0.714. The lowest BCUT2D eigenvalue weighted by atomic mass is 9.50. The van der Waals surface area contributed by atoms with E-state index in [9.17, 15) is 9.59 Å². The van der Waals surface area contributed by atoms with Crippen molar-refractivity contribution in [3.05, 3.63) is 0 Å². The maximum atomic E-state index is 13.4. The van der Waals surface area contributed by atoms with Crippen LogP contribution in [0.3, 0.4) is 0 Å². The first-order valence-corrected chi connectivity index (χ1v) is 12.1. The Bertz CT molecular complexity index is 667. The first kappa shape index (κ1) is 19.9. The molecule has 4 nitrogen and oxygen atoms in total. The number of ether oxygens (including phenoxy) is 2. The standard InChI is InChI=1S/C25H38O4/c1-5-24(2,3)23(27)28-21-13-16-11-19(21)20(12-16)22(26)29-25(4)17-7-14-6-15(9-17)10-18(25)8-14/h14-21H,5-13H2,1-4H3. The first-order valence-electron chi connectivity index (χ1n) is 12.1. The summed E-state index contributed by atoms with van der Waals surface area (Å²) in [6.07, 6.45) is 9.93. The van der Waals surface area contributed by atoms with E-state index in [1.165, 1.54) is 32.1 Å². The molecular weight excluding hydrogens is 364 g/mol. The molecule has 4 atom stereocenters. The van der Waals surface area contributed by atoms with Crippen molar-refractivity contribution >= 4 is 11.9 Å². The summed E-state index contributed by atoms with van der Waals surface area (Å²) in [7, 11) is 0. The van der Waals surface area contributed by atoms with E-state index in [-0.39, 0.29) is 35.5 Å². The zero-order valence-corrected chi connectivity index (χ0v) is 18.6. The van der Waals surface area contributed by atoms with Crippen LogP contribution in [-0.2, 0) is 19.1 Å². The van der Waals surface area contributed by atoms with E-state index < -0.39 is 5.41 Å². The molecule has 0 amide bonds. The molecule has 0 saturated heterocycles. The molecule has 29 heavy (non-hydrogen) atoms. The Balaban J connectivity index is 1.26. The molecule has 0 aromatic heterocycles. The fourth-order valence-electron chi connectivity index (χ4n) is 7.71. The minimum Gasteiger partial charge on any atom is -0.462 e. The molecule has 0 N–H and O–H groups in total. The van der Waals surface area contributed by atoms with Crippen LogP contribution in [0.25, 0.3) is 0 Å². The third-order valence-electron chi connectivity index (χ3n) is 9.83. The minimum atomic E-state index is -0.453. The van der Waals surface area contributed by atoms with Crippen LogP contribution in [0.2, 0.25) is 0 Å². The molecule has 6 aliphatic carbocycles. The predicted molar refractivity (Wildman–Crippen MR) is 110 cm³/mol. The Morgan fingerprint density at radius 3 is 2.03 bits per heavy atom. The Kier molecular flexibility index (Phi) is 4.61. The highest BCUT2D eigenvalue weighted by atomic mass is 16.6. The summed E-state index contributed by atoms with van der Waals surface area (Å²) in [5.74, 6) is 3.33. The van der Waals surface area contributed by atoms with E-state index in [2.05, 4.69) is 6.92 Å². The zero-order valence-electron chi connectivity index (χ0n) is 18.6. The molecule has 162 valence electrons. The molecule has 0 aromatic rings. The second-order valence-corrected chi connectivity index (χ2v) is 11.9. The van der Waals surface area contributed by atoms with Crippen molar-refractivity contribution in [1.82, 2.24) is 0 Å². The molecule has 0 aromatic carbocycles. The van der Waals surface area contributed by atoms with Gasteiger partial charge in [-0.3, -0.25) is 9.59 Å². The molecule has 6 saturated carbocycles. The van der Waals surface area contributed by atoms with Gasteiger partial charge in [-0.05, 0) is 108 Å². The molecule has 4 heteroatoms. The number of fused-ring (bicyclic) bond motifs is 2. The van der Waals surface area contributed by atoms with Crippen LogP contribution in [-0.4, -0.2) is 23.6 Å². The smallest absolute Gasteiger partial charge is 0.311 e. The van der Waals surface area contributed by atoms with Gasteiger partial charge in [0, 0.05) is 5.92 Å². The molecule has 0 radical (unpaired) electrons. The van der Waals surface area contributed by atoms with Crippen molar-refractivity contribution in [3.8, 4) is 0 Å². The molecule has 6 bridgehead atoms. The summed E-state index contributed by atoms with van der Waals surface area (Å²) in [6.45, 7) is 8.14. The number of rotatable bonds is 5. The second kappa shape index (κ2) is 6.72. The van der Waals surface area contributed by atoms with Crippen molar-refractivity contribution < 1.29 is 19.1 Å². The van der Waals surface area contributed by atoms with Crippen LogP contribution in [0.5, 0.6) is 0 Å². The Labute approximate surface area is 175 Å². The van der Waals surface area contributed by atoms with Gasteiger partial charge in [-0.25, -0.2) is 0 Å². The largest absolute Gasteiger partial charge is 0.462 e. The van der Waals surface area contributed by atoms with E-state index >= 15 is 0 Å². The molecule has 6 fully saturated rings. The summed E-state index contributed by atoms with van der Waals surface area (Å²) in [5, 5.41) is 0. The highest BCUT2D eigenvalue weighted by Gasteiger charge is 2.59. The van der Waals surface area contributed by atoms with Crippen molar-refractivity contribution in [1.29, 1.82) is 0 Å². The molecule has 0 spiro atoms. The second-order valence-electron chi connectivity index (χ2n) is 11.9. The number of carbonyl (C=O) groups is 2. The van der Waals surface area contributed by atoms with E-state index in [4.69, 9.17) is 9.47 Å². The zero-order chi connectivity index (χ0) is 20.6. The van der Waals surface area contributed by atoms with Gasteiger partial charge in [0.05, 0.1) is 11.3 Å². The van der Waals surface area contributed by atoms with E-state index in [1.807, 2.05) is 20.8 Å². The lowest BCUT2D eigenvalue weighted by molar-refractivity contribution is -0.210. The van der Waals surface area contributed by atoms with Crippen LogP contribution in [0.1, 0.15) is 85.5 Å². The van der Waals surface area contributed by atoms with Gasteiger partial charge in [0.2, 0.25) is 0 Å². The fraction of sp³-hybridized carbons (Fsp3) is 0.920.